The maximum atomic E-state index is 13.0. The number of aromatic nitrogens is 3. The molecule has 0 aliphatic carbocycles. The zero-order valence-electron chi connectivity index (χ0n) is 22.1. The zero-order chi connectivity index (χ0) is 27.9. The summed E-state index contributed by atoms with van der Waals surface area (Å²) in [6.45, 7) is 5.29. The van der Waals surface area contributed by atoms with E-state index in [1.54, 1.807) is 6.42 Å². The molecule has 2 radical (unpaired) electrons. The number of ether oxygens (including phenoxy) is 1. The molecule has 1 fully saturated rings. The van der Waals surface area contributed by atoms with Crippen LogP contribution in [-0.4, -0.2) is 95.8 Å². The summed E-state index contributed by atoms with van der Waals surface area (Å²) in [6.07, 6.45) is 5.36. The summed E-state index contributed by atoms with van der Waals surface area (Å²) in [5.41, 5.74) is 0. The highest BCUT2D eigenvalue weighted by Crippen LogP contribution is 2.28. The van der Waals surface area contributed by atoms with Crippen molar-refractivity contribution in [2.24, 2.45) is 0 Å². The van der Waals surface area contributed by atoms with Crippen molar-refractivity contribution in [2.45, 2.75) is 101 Å². The Morgan fingerprint density at radius 2 is 1.82 bits per heavy atom. The molecule has 6 N–H and O–H groups in total. The number of anilines is 1. The third-order valence-corrected chi connectivity index (χ3v) is 7.36. The van der Waals surface area contributed by atoms with Crippen molar-refractivity contribution in [1.29, 1.82) is 0 Å². The van der Waals surface area contributed by atoms with Crippen LogP contribution in [0.25, 0.3) is 0 Å². The number of amides is 2. The van der Waals surface area contributed by atoms with Crippen LogP contribution in [-0.2, 0) is 14.3 Å². The van der Waals surface area contributed by atoms with Gasteiger partial charge in [0.2, 0.25) is 11.8 Å². The molecule has 1 saturated heterocycles. The molecule has 38 heavy (non-hydrogen) atoms. The standard InChI is InChI=1S/C25H43N5O7S/c1-3-5-6-7-8-9-10-11-12-20(32)26-17(16-38-13-4-2)24(36)27-19-14-30(29-28-19)25-23(35)22(34)21(33)18(15-31)37-25/h4,14,17-18,21-23,25,31,33-35H,2-3,5-13,15-16H2,1H3,(H,26,32)(H,27,36)/t17-,18?,21?,22?,23?,25+/m1/s1. The maximum Gasteiger partial charge on any atom is 0.249 e. The number of hydrogen-bond acceptors (Lipinski definition) is 10. The van der Waals surface area contributed by atoms with Gasteiger partial charge in [0.1, 0.15) is 30.5 Å². The van der Waals surface area contributed by atoms with Gasteiger partial charge in [-0.15, -0.1) is 5.10 Å². The Hall–Kier alpha value is -1.77. The average molecular weight is 558 g/mol. The van der Waals surface area contributed by atoms with Crippen LogP contribution in [0.3, 0.4) is 0 Å². The molecule has 1 aromatic rings. The number of nitrogens with one attached hydrogen (secondary N) is 2. The highest BCUT2D eigenvalue weighted by molar-refractivity contribution is 7.99. The Balaban J connectivity index is 1.89. The van der Waals surface area contributed by atoms with Gasteiger partial charge in [-0.2, -0.15) is 11.8 Å². The average Bonchev–Trinajstić information content (AvgIpc) is 3.36. The van der Waals surface area contributed by atoms with Crippen LogP contribution in [0.15, 0.2) is 6.20 Å². The molecule has 1 aliphatic rings. The van der Waals surface area contributed by atoms with Crippen molar-refractivity contribution in [2.75, 3.05) is 23.4 Å². The lowest BCUT2D eigenvalue weighted by molar-refractivity contribution is -0.254. The van der Waals surface area contributed by atoms with E-state index < -0.39 is 49.2 Å². The highest BCUT2D eigenvalue weighted by Gasteiger charge is 2.44. The van der Waals surface area contributed by atoms with Gasteiger partial charge in [0.05, 0.1) is 12.8 Å². The van der Waals surface area contributed by atoms with Gasteiger partial charge in [-0.1, -0.05) is 57.1 Å². The summed E-state index contributed by atoms with van der Waals surface area (Å²) < 4.78 is 6.53. The second kappa shape index (κ2) is 17.7. The Morgan fingerprint density at radius 1 is 1.13 bits per heavy atom. The molecule has 4 unspecified atom stereocenters. The molecule has 2 rings (SSSR count). The molecule has 13 heteroatoms. The molecule has 6 atom stereocenters. The summed E-state index contributed by atoms with van der Waals surface area (Å²) in [5.74, 6) is 0.322. The van der Waals surface area contributed by atoms with E-state index in [4.69, 9.17) is 4.74 Å². The third kappa shape index (κ3) is 10.4. The third-order valence-electron chi connectivity index (χ3n) is 6.32. The highest BCUT2D eigenvalue weighted by atomic mass is 32.2. The van der Waals surface area contributed by atoms with E-state index in [9.17, 15) is 30.0 Å². The van der Waals surface area contributed by atoms with Gasteiger partial charge in [-0.3, -0.25) is 9.59 Å². The van der Waals surface area contributed by atoms with E-state index in [0.29, 0.717) is 17.9 Å². The van der Waals surface area contributed by atoms with Crippen molar-refractivity contribution in [1.82, 2.24) is 20.3 Å². The number of thioether (sulfide) groups is 1. The number of aliphatic hydroxyl groups is 4. The largest absolute Gasteiger partial charge is 0.394 e. The SMILES string of the molecule is [CH2][CH]CSC[C@@H](NC(=O)CCCCCCCCCC)C(=O)Nc1cn([C@H]2OC(CO)C(O)C(O)C2O)nn1. The second-order valence-corrected chi connectivity index (χ2v) is 10.5. The predicted molar refractivity (Wildman–Crippen MR) is 144 cm³/mol. The van der Waals surface area contributed by atoms with Gasteiger partial charge in [0.15, 0.2) is 12.0 Å². The number of unbranched alkanes of at least 4 members (excludes halogenated alkanes) is 7. The number of nitrogens with zero attached hydrogens (tertiary/aromatic N) is 3. The smallest absolute Gasteiger partial charge is 0.249 e. The molecule has 1 aromatic heterocycles. The first-order valence-electron chi connectivity index (χ1n) is 13.3. The molecular formula is C25H43N5O7S. The molecule has 216 valence electrons. The van der Waals surface area contributed by atoms with Crippen molar-refractivity contribution in [3.05, 3.63) is 19.5 Å². The van der Waals surface area contributed by atoms with Gasteiger partial charge < -0.3 is 35.8 Å². The summed E-state index contributed by atoms with van der Waals surface area (Å²) in [5, 5.41) is 52.7. The van der Waals surface area contributed by atoms with E-state index in [0.717, 1.165) is 23.9 Å². The van der Waals surface area contributed by atoms with Gasteiger partial charge >= 0.3 is 0 Å². The van der Waals surface area contributed by atoms with E-state index in [1.165, 1.54) is 50.1 Å². The Bertz CT molecular complexity index is 828. The first kappa shape index (κ1) is 32.4. The topological polar surface area (TPSA) is 179 Å². The Morgan fingerprint density at radius 3 is 2.47 bits per heavy atom. The molecular weight excluding hydrogens is 514 g/mol. The fourth-order valence-corrected chi connectivity index (χ4v) is 4.88. The van der Waals surface area contributed by atoms with Crippen LogP contribution in [0, 0.1) is 13.3 Å². The number of rotatable bonds is 18. The maximum absolute atomic E-state index is 13.0. The first-order valence-corrected chi connectivity index (χ1v) is 14.5. The minimum Gasteiger partial charge on any atom is -0.394 e. The first-order chi connectivity index (χ1) is 18.3. The molecule has 2 heterocycles. The van der Waals surface area contributed by atoms with Crippen LogP contribution in [0.4, 0.5) is 5.82 Å². The van der Waals surface area contributed by atoms with Crippen LogP contribution in [0.1, 0.15) is 70.9 Å². The number of aliphatic hydroxyl groups excluding tert-OH is 4. The fourth-order valence-electron chi connectivity index (χ4n) is 4.11. The van der Waals surface area contributed by atoms with E-state index in [2.05, 4.69) is 34.8 Å². The van der Waals surface area contributed by atoms with Crippen LogP contribution in [0.2, 0.25) is 0 Å². The second-order valence-electron chi connectivity index (χ2n) is 9.46. The fraction of sp³-hybridized carbons (Fsp3) is 0.760. The molecule has 0 bridgehead atoms. The normalized spacial score (nSPS) is 24.2. The van der Waals surface area contributed by atoms with E-state index in [-0.39, 0.29) is 11.7 Å². The summed E-state index contributed by atoms with van der Waals surface area (Å²) in [4.78, 5) is 25.5. The molecule has 0 saturated carbocycles. The van der Waals surface area contributed by atoms with Crippen molar-refractivity contribution >= 4 is 29.4 Å². The zero-order valence-corrected chi connectivity index (χ0v) is 22.9. The molecule has 12 nitrogen and oxygen atoms in total. The summed E-state index contributed by atoms with van der Waals surface area (Å²) >= 11 is 1.45. The predicted octanol–water partition coefficient (Wildman–Crippen LogP) is 0.976. The van der Waals surface area contributed by atoms with Crippen molar-refractivity contribution < 1.29 is 34.8 Å². The lowest BCUT2D eigenvalue weighted by Crippen LogP contribution is -2.56. The molecule has 2 amide bonds. The molecule has 0 spiro atoms. The van der Waals surface area contributed by atoms with Gasteiger partial charge in [-0.25, -0.2) is 4.68 Å². The van der Waals surface area contributed by atoms with E-state index >= 15 is 0 Å². The monoisotopic (exact) mass is 557 g/mol. The van der Waals surface area contributed by atoms with Crippen molar-refractivity contribution in [3.63, 3.8) is 0 Å². The quantitative estimate of drug-likeness (QED) is 0.142. The van der Waals surface area contributed by atoms with Crippen LogP contribution < -0.4 is 10.6 Å². The summed E-state index contributed by atoms with van der Waals surface area (Å²) in [7, 11) is 0. The molecule has 0 aromatic carbocycles. The minimum atomic E-state index is -1.57. The number of carbonyl (C=O) groups is 2. The number of hydrogen-bond donors (Lipinski definition) is 6. The summed E-state index contributed by atoms with van der Waals surface area (Å²) in [6, 6.07) is -0.807. The van der Waals surface area contributed by atoms with Crippen molar-refractivity contribution in [3.8, 4) is 0 Å². The molecule has 1 aliphatic heterocycles. The minimum absolute atomic E-state index is 0.0444. The lowest BCUT2D eigenvalue weighted by atomic mass is 9.98. The van der Waals surface area contributed by atoms with Gasteiger partial charge in [0.25, 0.3) is 0 Å². The van der Waals surface area contributed by atoms with Crippen LogP contribution in [0.5, 0.6) is 0 Å². The number of carbonyl (C=O) groups excluding carboxylic acids is 2. The van der Waals surface area contributed by atoms with Gasteiger partial charge in [-0.05, 0) is 25.5 Å². The van der Waals surface area contributed by atoms with Crippen LogP contribution >= 0.6 is 11.8 Å². The Labute approximate surface area is 228 Å². The lowest BCUT2D eigenvalue weighted by Gasteiger charge is -2.39. The van der Waals surface area contributed by atoms with Gasteiger partial charge in [0, 0.05) is 12.2 Å². The Kier molecular flexibility index (Phi) is 15.2. The van der Waals surface area contributed by atoms with E-state index in [1.807, 2.05) is 0 Å².